The molecule has 0 atom stereocenters. The summed E-state index contributed by atoms with van der Waals surface area (Å²) in [4.78, 5) is 12.8. The molecule has 7 heteroatoms. The lowest BCUT2D eigenvalue weighted by atomic mass is 10.2. The number of nitrogens with one attached hydrogen (secondary N) is 1. The number of rotatable bonds is 5. The minimum atomic E-state index is 0.684. The number of hydrogen-bond acceptors (Lipinski definition) is 6. The standard InChI is InChI=1S/C20H24N4O3/c1-25-17-7-5-4-6-16(17)23-8-10-24(11-9-23)20-21-14-12-18(26-2)19(27-3)13-15(14)22-20/h4-7,12-13H,8-11H2,1-3H3,(H,21,22). The first kappa shape index (κ1) is 17.3. The maximum absolute atomic E-state index is 5.50. The van der Waals surface area contributed by atoms with Gasteiger partial charge in [-0.15, -0.1) is 0 Å². The summed E-state index contributed by atoms with van der Waals surface area (Å²) in [5, 5.41) is 0. The Balaban J connectivity index is 1.52. The van der Waals surface area contributed by atoms with Crippen molar-refractivity contribution in [2.45, 2.75) is 0 Å². The first-order valence-corrected chi connectivity index (χ1v) is 8.98. The van der Waals surface area contributed by atoms with Crippen LogP contribution in [0.3, 0.4) is 0 Å². The number of H-pyrrole nitrogens is 1. The first-order valence-electron chi connectivity index (χ1n) is 8.98. The lowest BCUT2D eigenvalue weighted by Crippen LogP contribution is -2.47. The second kappa shape index (κ2) is 7.26. The van der Waals surface area contributed by atoms with Crippen molar-refractivity contribution in [1.82, 2.24) is 9.97 Å². The monoisotopic (exact) mass is 368 g/mol. The molecule has 1 aromatic heterocycles. The molecule has 2 aromatic carbocycles. The van der Waals surface area contributed by atoms with Gasteiger partial charge in [-0.25, -0.2) is 4.98 Å². The van der Waals surface area contributed by atoms with Crippen LogP contribution in [0.5, 0.6) is 17.2 Å². The molecular weight excluding hydrogens is 344 g/mol. The number of fused-ring (bicyclic) bond motifs is 1. The number of anilines is 2. The van der Waals surface area contributed by atoms with Crippen LogP contribution < -0.4 is 24.0 Å². The van der Waals surface area contributed by atoms with E-state index < -0.39 is 0 Å². The van der Waals surface area contributed by atoms with Crippen LogP contribution in [0, 0.1) is 0 Å². The number of methoxy groups -OCH3 is 3. The number of aromatic nitrogens is 2. The van der Waals surface area contributed by atoms with E-state index in [2.05, 4.69) is 20.9 Å². The number of nitrogens with zero attached hydrogens (tertiary/aromatic N) is 3. The molecule has 0 aliphatic carbocycles. The molecule has 7 nitrogen and oxygen atoms in total. The van der Waals surface area contributed by atoms with Crippen molar-refractivity contribution in [3.05, 3.63) is 36.4 Å². The van der Waals surface area contributed by atoms with Gasteiger partial charge < -0.3 is 29.0 Å². The first-order chi connectivity index (χ1) is 13.2. The van der Waals surface area contributed by atoms with Crippen molar-refractivity contribution in [3.8, 4) is 17.2 Å². The van der Waals surface area contributed by atoms with Crippen LogP contribution in [0.2, 0.25) is 0 Å². The quantitative estimate of drug-likeness (QED) is 0.747. The van der Waals surface area contributed by atoms with E-state index in [-0.39, 0.29) is 0 Å². The number of piperazine rings is 1. The third-order valence-electron chi connectivity index (χ3n) is 4.98. The zero-order chi connectivity index (χ0) is 18.8. The minimum Gasteiger partial charge on any atom is -0.495 e. The molecule has 2 heterocycles. The van der Waals surface area contributed by atoms with Gasteiger partial charge in [-0.1, -0.05) is 12.1 Å². The summed E-state index contributed by atoms with van der Waals surface area (Å²) in [6.07, 6.45) is 0. The van der Waals surface area contributed by atoms with Crippen molar-refractivity contribution in [3.63, 3.8) is 0 Å². The number of para-hydroxylation sites is 2. The topological polar surface area (TPSA) is 62.8 Å². The number of ether oxygens (including phenoxy) is 3. The lowest BCUT2D eigenvalue weighted by Gasteiger charge is -2.36. The maximum atomic E-state index is 5.50. The average molecular weight is 368 g/mol. The van der Waals surface area contributed by atoms with Gasteiger partial charge in [0.15, 0.2) is 11.5 Å². The van der Waals surface area contributed by atoms with Gasteiger partial charge in [0.25, 0.3) is 0 Å². The Hall–Kier alpha value is -3.09. The Bertz CT molecular complexity index is 891. The van der Waals surface area contributed by atoms with Gasteiger partial charge in [-0.3, -0.25) is 0 Å². The van der Waals surface area contributed by atoms with Crippen LogP contribution >= 0.6 is 0 Å². The van der Waals surface area contributed by atoms with Crippen molar-refractivity contribution in [1.29, 1.82) is 0 Å². The highest BCUT2D eigenvalue weighted by molar-refractivity contribution is 5.82. The summed E-state index contributed by atoms with van der Waals surface area (Å²) in [6, 6.07) is 12.0. The van der Waals surface area contributed by atoms with E-state index in [1.807, 2.05) is 30.3 Å². The Labute approximate surface area is 158 Å². The van der Waals surface area contributed by atoms with Crippen molar-refractivity contribution in [2.24, 2.45) is 0 Å². The van der Waals surface area contributed by atoms with Crippen LogP contribution in [-0.4, -0.2) is 57.5 Å². The van der Waals surface area contributed by atoms with Gasteiger partial charge in [0.05, 0.1) is 38.1 Å². The third-order valence-corrected chi connectivity index (χ3v) is 4.98. The summed E-state index contributed by atoms with van der Waals surface area (Å²) in [6.45, 7) is 3.58. The molecule has 0 bridgehead atoms. The molecular formula is C20H24N4O3. The number of imidazole rings is 1. The molecule has 1 N–H and O–H groups in total. The second-order valence-corrected chi connectivity index (χ2v) is 6.43. The fourth-order valence-corrected chi connectivity index (χ4v) is 3.52. The molecule has 0 unspecified atom stereocenters. The molecule has 1 aliphatic heterocycles. The SMILES string of the molecule is COc1cc2nc(N3CCN(c4ccccc4OC)CC3)[nH]c2cc1OC. The fourth-order valence-electron chi connectivity index (χ4n) is 3.52. The molecule has 0 saturated carbocycles. The molecule has 27 heavy (non-hydrogen) atoms. The number of hydrogen-bond donors (Lipinski definition) is 1. The van der Waals surface area contributed by atoms with E-state index in [0.717, 1.165) is 54.6 Å². The predicted octanol–water partition coefficient (Wildman–Crippen LogP) is 2.92. The molecule has 3 aromatic rings. The summed E-state index contributed by atoms with van der Waals surface area (Å²) in [5.41, 5.74) is 2.95. The number of aromatic amines is 1. The minimum absolute atomic E-state index is 0.684. The highest BCUT2D eigenvalue weighted by Gasteiger charge is 2.22. The third kappa shape index (κ3) is 3.20. The van der Waals surface area contributed by atoms with Gasteiger partial charge >= 0.3 is 0 Å². The highest BCUT2D eigenvalue weighted by atomic mass is 16.5. The van der Waals surface area contributed by atoms with Crippen molar-refractivity contribution in [2.75, 3.05) is 57.3 Å². The molecule has 0 amide bonds. The van der Waals surface area contributed by atoms with Crippen LogP contribution in [0.1, 0.15) is 0 Å². The van der Waals surface area contributed by atoms with Crippen LogP contribution in [0.25, 0.3) is 11.0 Å². The predicted molar refractivity (Wildman–Crippen MR) is 107 cm³/mol. The number of benzene rings is 2. The van der Waals surface area contributed by atoms with Crippen LogP contribution in [0.4, 0.5) is 11.6 Å². The Kier molecular flexibility index (Phi) is 4.66. The van der Waals surface area contributed by atoms with E-state index in [1.54, 1.807) is 21.3 Å². The van der Waals surface area contributed by atoms with E-state index in [4.69, 9.17) is 19.2 Å². The highest BCUT2D eigenvalue weighted by Crippen LogP contribution is 2.33. The van der Waals surface area contributed by atoms with Crippen molar-refractivity contribution < 1.29 is 14.2 Å². The smallest absolute Gasteiger partial charge is 0.203 e. The molecule has 4 rings (SSSR count). The van der Waals surface area contributed by atoms with Crippen LogP contribution in [-0.2, 0) is 0 Å². The van der Waals surface area contributed by atoms with E-state index in [1.165, 1.54) is 0 Å². The largest absolute Gasteiger partial charge is 0.495 e. The average Bonchev–Trinajstić information content (AvgIpc) is 3.15. The Morgan fingerprint density at radius 1 is 0.815 bits per heavy atom. The summed E-state index contributed by atoms with van der Waals surface area (Å²) >= 11 is 0. The zero-order valence-corrected chi connectivity index (χ0v) is 15.9. The van der Waals surface area contributed by atoms with E-state index in [0.29, 0.717) is 11.5 Å². The zero-order valence-electron chi connectivity index (χ0n) is 15.9. The Morgan fingerprint density at radius 3 is 2.15 bits per heavy atom. The van der Waals surface area contributed by atoms with Gasteiger partial charge in [0.2, 0.25) is 5.95 Å². The summed E-state index contributed by atoms with van der Waals surface area (Å²) in [5.74, 6) is 3.17. The summed E-state index contributed by atoms with van der Waals surface area (Å²) in [7, 11) is 4.98. The van der Waals surface area contributed by atoms with Gasteiger partial charge in [-0.2, -0.15) is 0 Å². The van der Waals surface area contributed by atoms with Gasteiger partial charge in [0.1, 0.15) is 5.75 Å². The maximum Gasteiger partial charge on any atom is 0.203 e. The molecule has 0 spiro atoms. The van der Waals surface area contributed by atoms with Gasteiger partial charge in [0, 0.05) is 38.3 Å². The molecule has 1 fully saturated rings. The normalized spacial score (nSPS) is 14.5. The Morgan fingerprint density at radius 2 is 1.44 bits per heavy atom. The fraction of sp³-hybridized carbons (Fsp3) is 0.350. The molecule has 1 saturated heterocycles. The molecule has 142 valence electrons. The van der Waals surface area contributed by atoms with Crippen molar-refractivity contribution >= 4 is 22.7 Å². The lowest BCUT2D eigenvalue weighted by molar-refractivity contribution is 0.356. The summed E-state index contributed by atoms with van der Waals surface area (Å²) < 4.78 is 16.2. The van der Waals surface area contributed by atoms with Crippen LogP contribution in [0.15, 0.2) is 36.4 Å². The van der Waals surface area contributed by atoms with Gasteiger partial charge in [-0.05, 0) is 12.1 Å². The van der Waals surface area contributed by atoms with E-state index in [9.17, 15) is 0 Å². The second-order valence-electron chi connectivity index (χ2n) is 6.43. The molecule has 0 radical (unpaired) electrons. The molecule has 1 aliphatic rings. The van der Waals surface area contributed by atoms with E-state index >= 15 is 0 Å².